The van der Waals surface area contributed by atoms with Crippen LogP contribution < -0.4 is 10.6 Å². The van der Waals surface area contributed by atoms with Crippen LogP contribution in [0.5, 0.6) is 0 Å². The van der Waals surface area contributed by atoms with Gasteiger partial charge in [-0.25, -0.2) is 0 Å². The van der Waals surface area contributed by atoms with Gasteiger partial charge in [-0.2, -0.15) is 0 Å². The smallest absolute Gasteiger partial charge is 0.0755 e. The summed E-state index contributed by atoms with van der Waals surface area (Å²) in [6.07, 6.45) is 0. The van der Waals surface area contributed by atoms with Gasteiger partial charge in [0.1, 0.15) is 0 Å². The lowest BCUT2D eigenvalue weighted by atomic mass is 10.1. The van der Waals surface area contributed by atoms with Gasteiger partial charge >= 0.3 is 0 Å². The Balaban J connectivity index is 2.15. The van der Waals surface area contributed by atoms with Crippen LogP contribution in [0.4, 0.5) is 5.69 Å². The van der Waals surface area contributed by atoms with Crippen molar-refractivity contribution in [3.05, 3.63) is 29.8 Å². The molecule has 0 amide bonds. The maximum atomic E-state index is 9.32. The minimum Gasteiger partial charge on any atom is -0.394 e. The summed E-state index contributed by atoms with van der Waals surface area (Å²) in [7, 11) is 0. The van der Waals surface area contributed by atoms with Crippen molar-refractivity contribution in [2.24, 2.45) is 5.73 Å². The molecule has 17 heavy (non-hydrogen) atoms. The standard InChI is InChI=1S/C13H20N2O2/c1-10(14)11-2-4-12(5-3-11)15-6-7-17-9-13(15)8-16/h2-5,10,13,16H,6-9,14H2,1H3/t10-,13?/m1/s1. The summed E-state index contributed by atoms with van der Waals surface area (Å²) in [6.45, 7) is 4.22. The molecule has 1 aliphatic rings. The predicted molar refractivity (Wildman–Crippen MR) is 68.1 cm³/mol. The lowest BCUT2D eigenvalue weighted by Gasteiger charge is -2.36. The van der Waals surface area contributed by atoms with Crippen LogP contribution in [-0.2, 0) is 4.74 Å². The third kappa shape index (κ3) is 2.77. The molecule has 94 valence electrons. The number of morpholine rings is 1. The number of anilines is 1. The monoisotopic (exact) mass is 236 g/mol. The summed E-state index contributed by atoms with van der Waals surface area (Å²) in [4.78, 5) is 2.19. The molecule has 1 aromatic carbocycles. The number of nitrogens with zero attached hydrogens (tertiary/aromatic N) is 1. The lowest BCUT2D eigenvalue weighted by Crippen LogP contribution is -2.47. The third-order valence-corrected chi connectivity index (χ3v) is 3.19. The highest BCUT2D eigenvalue weighted by Crippen LogP contribution is 2.21. The van der Waals surface area contributed by atoms with Crippen LogP contribution in [-0.4, -0.2) is 37.5 Å². The van der Waals surface area contributed by atoms with E-state index in [2.05, 4.69) is 17.0 Å². The average molecular weight is 236 g/mol. The second kappa shape index (κ2) is 5.49. The highest BCUT2D eigenvalue weighted by molar-refractivity contribution is 5.49. The molecule has 0 aromatic heterocycles. The molecule has 1 saturated heterocycles. The Morgan fingerprint density at radius 1 is 1.47 bits per heavy atom. The second-order valence-corrected chi connectivity index (χ2v) is 4.48. The molecule has 0 radical (unpaired) electrons. The Bertz CT molecular complexity index is 351. The normalized spacial score (nSPS) is 22.5. The van der Waals surface area contributed by atoms with Gasteiger partial charge in [-0.15, -0.1) is 0 Å². The number of benzene rings is 1. The quantitative estimate of drug-likeness (QED) is 0.819. The van der Waals surface area contributed by atoms with E-state index in [1.807, 2.05) is 19.1 Å². The summed E-state index contributed by atoms with van der Waals surface area (Å²) in [5.41, 5.74) is 8.07. The largest absolute Gasteiger partial charge is 0.394 e. The van der Waals surface area contributed by atoms with Gasteiger partial charge in [-0.3, -0.25) is 0 Å². The van der Waals surface area contributed by atoms with E-state index in [1.54, 1.807) is 0 Å². The Morgan fingerprint density at radius 3 is 2.76 bits per heavy atom. The van der Waals surface area contributed by atoms with Gasteiger partial charge in [0.2, 0.25) is 0 Å². The molecule has 0 saturated carbocycles. The fourth-order valence-corrected chi connectivity index (χ4v) is 2.12. The number of nitrogens with two attached hydrogens (primary N) is 1. The number of rotatable bonds is 3. The van der Waals surface area contributed by atoms with Gasteiger partial charge in [0.25, 0.3) is 0 Å². The summed E-state index contributed by atoms with van der Waals surface area (Å²) in [6, 6.07) is 8.33. The highest BCUT2D eigenvalue weighted by Gasteiger charge is 2.22. The van der Waals surface area contributed by atoms with Crippen LogP contribution in [0.2, 0.25) is 0 Å². The molecule has 0 bridgehead atoms. The summed E-state index contributed by atoms with van der Waals surface area (Å²) in [5.74, 6) is 0. The van der Waals surface area contributed by atoms with Crippen molar-refractivity contribution in [2.45, 2.75) is 19.0 Å². The van der Waals surface area contributed by atoms with Gasteiger partial charge < -0.3 is 20.5 Å². The van der Waals surface area contributed by atoms with Crippen molar-refractivity contribution in [3.63, 3.8) is 0 Å². The first kappa shape index (κ1) is 12.4. The number of hydrogen-bond acceptors (Lipinski definition) is 4. The molecule has 4 heteroatoms. The van der Waals surface area contributed by atoms with Crippen LogP contribution in [0.25, 0.3) is 0 Å². The molecular weight excluding hydrogens is 216 g/mol. The average Bonchev–Trinajstić information content (AvgIpc) is 2.39. The second-order valence-electron chi connectivity index (χ2n) is 4.48. The Kier molecular flexibility index (Phi) is 3.99. The van der Waals surface area contributed by atoms with Crippen molar-refractivity contribution in [2.75, 3.05) is 31.3 Å². The minimum absolute atomic E-state index is 0.0578. The molecule has 1 unspecified atom stereocenters. The van der Waals surface area contributed by atoms with Crippen molar-refractivity contribution in [1.82, 2.24) is 0 Å². The summed E-state index contributed by atoms with van der Waals surface area (Å²) in [5, 5.41) is 9.32. The van der Waals surface area contributed by atoms with Crippen molar-refractivity contribution in [3.8, 4) is 0 Å². The van der Waals surface area contributed by atoms with E-state index in [-0.39, 0.29) is 18.7 Å². The van der Waals surface area contributed by atoms with Crippen molar-refractivity contribution < 1.29 is 9.84 Å². The maximum absolute atomic E-state index is 9.32. The maximum Gasteiger partial charge on any atom is 0.0755 e. The molecule has 2 rings (SSSR count). The van der Waals surface area contributed by atoms with E-state index in [4.69, 9.17) is 10.5 Å². The van der Waals surface area contributed by atoms with Crippen LogP contribution in [0.3, 0.4) is 0 Å². The fraction of sp³-hybridized carbons (Fsp3) is 0.538. The van der Waals surface area contributed by atoms with Gasteiger partial charge in [-0.05, 0) is 24.6 Å². The lowest BCUT2D eigenvalue weighted by molar-refractivity contribution is 0.0727. The number of hydrogen-bond donors (Lipinski definition) is 2. The fourth-order valence-electron chi connectivity index (χ4n) is 2.12. The van der Waals surface area contributed by atoms with Gasteiger partial charge in [0, 0.05) is 18.3 Å². The van der Waals surface area contributed by atoms with Gasteiger partial charge in [0.15, 0.2) is 0 Å². The van der Waals surface area contributed by atoms with E-state index >= 15 is 0 Å². The number of aliphatic hydroxyl groups excluding tert-OH is 1. The van der Waals surface area contributed by atoms with E-state index < -0.39 is 0 Å². The Morgan fingerprint density at radius 2 is 2.18 bits per heavy atom. The molecular formula is C13H20N2O2. The number of ether oxygens (including phenoxy) is 1. The van der Waals surface area contributed by atoms with Crippen LogP contribution in [0.15, 0.2) is 24.3 Å². The minimum atomic E-state index is 0.0578. The zero-order valence-corrected chi connectivity index (χ0v) is 10.2. The molecule has 1 aromatic rings. The molecule has 1 fully saturated rings. The molecule has 3 N–H and O–H groups in total. The molecule has 0 spiro atoms. The first-order valence-electron chi connectivity index (χ1n) is 6.03. The Labute approximate surface area is 102 Å². The van der Waals surface area contributed by atoms with Crippen molar-refractivity contribution >= 4 is 5.69 Å². The van der Waals surface area contributed by atoms with Crippen molar-refractivity contribution in [1.29, 1.82) is 0 Å². The first-order valence-corrected chi connectivity index (χ1v) is 6.03. The molecule has 0 aliphatic carbocycles. The highest BCUT2D eigenvalue weighted by atomic mass is 16.5. The Hall–Kier alpha value is -1.10. The molecule has 4 nitrogen and oxygen atoms in total. The SMILES string of the molecule is C[C@@H](N)c1ccc(N2CCOCC2CO)cc1. The summed E-state index contributed by atoms with van der Waals surface area (Å²) >= 11 is 0. The predicted octanol–water partition coefficient (Wildman–Crippen LogP) is 0.904. The zero-order chi connectivity index (χ0) is 12.3. The zero-order valence-electron chi connectivity index (χ0n) is 10.2. The van der Waals surface area contributed by atoms with Crippen LogP contribution in [0.1, 0.15) is 18.5 Å². The number of aliphatic hydroxyl groups is 1. The third-order valence-electron chi connectivity index (χ3n) is 3.19. The van der Waals surface area contributed by atoms with Gasteiger partial charge in [0.05, 0.1) is 25.9 Å². The van der Waals surface area contributed by atoms with Crippen LogP contribution >= 0.6 is 0 Å². The van der Waals surface area contributed by atoms with E-state index in [9.17, 15) is 5.11 Å². The molecule has 2 atom stereocenters. The van der Waals surface area contributed by atoms with Gasteiger partial charge in [-0.1, -0.05) is 12.1 Å². The first-order chi connectivity index (χ1) is 8.22. The molecule has 1 aliphatic heterocycles. The van der Waals surface area contributed by atoms with E-state index in [0.29, 0.717) is 13.2 Å². The van der Waals surface area contributed by atoms with Crippen LogP contribution in [0, 0.1) is 0 Å². The van der Waals surface area contributed by atoms with E-state index in [0.717, 1.165) is 17.8 Å². The summed E-state index contributed by atoms with van der Waals surface area (Å²) < 4.78 is 5.36. The topological polar surface area (TPSA) is 58.7 Å². The van der Waals surface area contributed by atoms with E-state index in [1.165, 1.54) is 0 Å². The molecule has 1 heterocycles.